The van der Waals surface area contributed by atoms with Gasteiger partial charge in [-0.1, -0.05) is 229 Å². The molecule has 0 saturated carbocycles. The van der Waals surface area contributed by atoms with Crippen LogP contribution in [-0.2, 0) is 32.7 Å². The normalized spacial score (nSPS) is 13.7. The van der Waals surface area contributed by atoms with E-state index in [1.165, 1.54) is 167 Å². The Labute approximate surface area is 432 Å². The van der Waals surface area contributed by atoms with Crippen molar-refractivity contribution in [2.75, 3.05) is 47.5 Å². The first kappa shape index (κ1) is 67.7. The molecule has 2 unspecified atom stereocenters. The van der Waals surface area contributed by atoms with Gasteiger partial charge in [0.25, 0.3) is 0 Å². The molecular formula is C60H111NO8P+. The van der Waals surface area contributed by atoms with Crippen molar-refractivity contribution in [3.8, 4) is 0 Å². The van der Waals surface area contributed by atoms with Crippen LogP contribution >= 0.6 is 7.82 Å². The molecular weight excluding hydrogens is 894 g/mol. The van der Waals surface area contributed by atoms with E-state index in [4.69, 9.17) is 18.5 Å². The molecule has 0 aliphatic carbocycles. The van der Waals surface area contributed by atoms with Crippen LogP contribution in [0.5, 0.6) is 0 Å². The van der Waals surface area contributed by atoms with Gasteiger partial charge in [0, 0.05) is 12.8 Å². The lowest BCUT2D eigenvalue weighted by Gasteiger charge is -2.24. The molecule has 0 aliphatic heterocycles. The van der Waals surface area contributed by atoms with Crippen molar-refractivity contribution in [1.29, 1.82) is 0 Å². The number of nitrogens with zero attached hydrogens (tertiary/aromatic N) is 1. The van der Waals surface area contributed by atoms with Crippen molar-refractivity contribution in [3.63, 3.8) is 0 Å². The van der Waals surface area contributed by atoms with Gasteiger partial charge in [-0.2, -0.15) is 0 Å². The average Bonchev–Trinajstić information content (AvgIpc) is 3.32. The first-order chi connectivity index (χ1) is 34.0. The zero-order valence-electron chi connectivity index (χ0n) is 46.2. The number of unbranched alkanes of at least 4 members (excludes halogenated alkanes) is 29. The van der Waals surface area contributed by atoms with Crippen LogP contribution < -0.4 is 0 Å². The fourth-order valence-corrected chi connectivity index (χ4v) is 8.80. The summed E-state index contributed by atoms with van der Waals surface area (Å²) >= 11 is 0. The number of phosphoric acid groups is 1. The highest BCUT2D eigenvalue weighted by Gasteiger charge is 2.27. The van der Waals surface area contributed by atoms with E-state index in [1.54, 1.807) is 0 Å². The summed E-state index contributed by atoms with van der Waals surface area (Å²) in [5.74, 6) is -0.795. The number of carbonyl (C=O) groups excluding carboxylic acids is 2. The molecule has 408 valence electrons. The Kier molecular flexibility index (Phi) is 49.9. The molecule has 0 aromatic carbocycles. The molecule has 0 fully saturated rings. The van der Waals surface area contributed by atoms with E-state index >= 15 is 0 Å². The van der Waals surface area contributed by atoms with Gasteiger partial charge in [0.15, 0.2) is 6.10 Å². The summed E-state index contributed by atoms with van der Waals surface area (Å²) in [5.41, 5.74) is 0. The Morgan fingerprint density at radius 3 is 1.23 bits per heavy atom. The third-order valence-electron chi connectivity index (χ3n) is 12.5. The van der Waals surface area contributed by atoms with Gasteiger partial charge in [0.05, 0.1) is 27.7 Å². The summed E-state index contributed by atoms with van der Waals surface area (Å²) in [5, 5.41) is 0. The van der Waals surface area contributed by atoms with Crippen molar-refractivity contribution in [2.24, 2.45) is 0 Å². The standard InChI is InChI=1S/C60H110NO8P/c1-6-8-10-12-14-16-18-20-22-24-25-26-27-28-29-30-31-32-33-34-35-37-39-41-43-45-47-49-51-53-60(63)69-58(57-68-70(64,65)67-55-54-61(3,4)5)56-66-59(62)52-50-48-46-44-42-40-38-36-23-21-19-17-15-13-11-9-7-2/h8,10,14,16,20-23,25-26,58H,6-7,9,11-13,15,17-19,24,27-57H2,1-5H3/p+1/b10-8-,16-14-,22-20-,23-21-,26-25-. The highest BCUT2D eigenvalue weighted by atomic mass is 31.2. The molecule has 0 aromatic rings. The molecule has 0 rings (SSSR count). The Morgan fingerprint density at radius 1 is 0.457 bits per heavy atom. The van der Waals surface area contributed by atoms with Gasteiger partial charge in [0.1, 0.15) is 19.8 Å². The van der Waals surface area contributed by atoms with Gasteiger partial charge in [0.2, 0.25) is 0 Å². The topological polar surface area (TPSA) is 108 Å². The quantitative estimate of drug-likeness (QED) is 0.0211. The van der Waals surface area contributed by atoms with E-state index < -0.39 is 26.5 Å². The second kappa shape index (κ2) is 51.6. The van der Waals surface area contributed by atoms with Gasteiger partial charge in [-0.15, -0.1) is 0 Å². The summed E-state index contributed by atoms with van der Waals surface area (Å²) in [6.45, 7) is 4.34. The second-order valence-electron chi connectivity index (χ2n) is 20.6. The van der Waals surface area contributed by atoms with E-state index in [1.807, 2.05) is 21.1 Å². The van der Waals surface area contributed by atoms with Crippen LogP contribution in [0.4, 0.5) is 0 Å². The van der Waals surface area contributed by atoms with E-state index in [9.17, 15) is 19.0 Å². The fourth-order valence-electron chi connectivity index (χ4n) is 8.06. The second-order valence-corrected chi connectivity index (χ2v) is 22.1. The summed E-state index contributed by atoms with van der Waals surface area (Å²) in [4.78, 5) is 35.7. The SMILES string of the molecule is CC/C=C\C/C=C\C/C=C\C/C=C\CCCCCCCCCCCCCCCCCCC(=O)OC(COC(=O)CCCCCCCCC/C=C\CCCCCCCC)COP(=O)(O)OCC[N+](C)(C)C. The third kappa shape index (κ3) is 55.0. The number of phosphoric ester groups is 1. The third-order valence-corrected chi connectivity index (χ3v) is 13.5. The monoisotopic (exact) mass is 1000 g/mol. The van der Waals surface area contributed by atoms with Crippen molar-refractivity contribution < 1.29 is 42.1 Å². The minimum absolute atomic E-state index is 0.0308. The number of rotatable bonds is 53. The molecule has 9 nitrogen and oxygen atoms in total. The minimum atomic E-state index is -4.39. The van der Waals surface area contributed by atoms with E-state index in [2.05, 4.69) is 74.6 Å². The van der Waals surface area contributed by atoms with E-state index in [0.29, 0.717) is 17.4 Å². The molecule has 70 heavy (non-hydrogen) atoms. The maximum absolute atomic E-state index is 12.8. The molecule has 2 atom stereocenters. The molecule has 0 radical (unpaired) electrons. The van der Waals surface area contributed by atoms with Gasteiger partial charge >= 0.3 is 19.8 Å². The molecule has 0 heterocycles. The average molecular weight is 1010 g/mol. The predicted octanol–water partition coefficient (Wildman–Crippen LogP) is 17.9. The van der Waals surface area contributed by atoms with Crippen LogP contribution in [0.25, 0.3) is 0 Å². The van der Waals surface area contributed by atoms with E-state index in [-0.39, 0.29) is 32.0 Å². The maximum Gasteiger partial charge on any atom is 0.472 e. The number of hydrogen-bond acceptors (Lipinski definition) is 7. The number of likely N-dealkylation sites (N-methyl/N-ethyl adjacent to an activating group) is 1. The molecule has 0 aliphatic rings. The van der Waals surface area contributed by atoms with Crippen molar-refractivity contribution in [3.05, 3.63) is 60.8 Å². The largest absolute Gasteiger partial charge is 0.472 e. The molecule has 0 spiro atoms. The van der Waals surface area contributed by atoms with Crippen molar-refractivity contribution in [2.45, 2.75) is 264 Å². The number of ether oxygens (including phenoxy) is 2. The molecule has 1 N–H and O–H groups in total. The number of hydrogen-bond donors (Lipinski definition) is 1. The minimum Gasteiger partial charge on any atom is -0.462 e. The highest BCUT2D eigenvalue weighted by molar-refractivity contribution is 7.47. The summed E-state index contributed by atoms with van der Waals surface area (Å²) in [7, 11) is 1.48. The first-order valence-corrected chi connectivity index (χ1v) is 30.5. The molecule has 0 bridgehead atoms. The molecule has 0 amide bonds. The van der Waals surface area contributed by atoms with Gasteiger partial charge in [-0.25, -0.2) is 4.57 Å². The van der Waals surface area contributed by atoms with Gasteiger partial charge < -0.3 is 18.9 Å². The Bertz CT molecular complexity index is 1370. The maximum atomic E-state index is 12.8. The van der Waals surface area contributed by atoms with Crippen LogP contribution in [-0.4, -0.2) is 74.9 Å². The van der Waals surface area contributed by atoms with Crippen LogP contribution in [0, 0.1) is 0 Å². The van der Waals surface area contributed by atoms with Crippen LogP contribution in [0.15, 0.2) is 60.8 Å². The van der Waals surface area contributed by atoms with Crippen LogP contribution in [0.1, 0.15) is 258 Å². The zero-order valence-corrected chi connectivity index (χ0v) is 47.1. The van der Waals surface area contributed by atoms with Crippen LogP contribution in [0.2, 0.25) is 0 Å². The summed E-state index contributed by atoms with van der Waals surface area (Å²) in [6.07, 6.45) is 65.7. The van der Waals surface area contributed by atoms with Crippen molar-refractivity contribution in [1.82, 2.24) is 0 Å². The summed E-state index contributed by atoms with van der Waals surface area (Å²) < 4.78 is 34.6. The smallest absolute Gasteiger partial charge is 0.462 e. The lowest BCUT2D eigenvalue weighted by Crippen LogP contribution is -2.37. The number of carbonyl (C=O) groups is 2. The number of quaternary nitrogens is 1. The molecule has 0 aromatic heterocycles. The number of allylic oxidation sites excluding steroid dienone is 10. The fraction of sp³-hybridized carbons (Fsp3) is 0.800. The highest BCUT2D eigenvalue weighted by Crippen LogP contribution is 2.43. The summed E-state index contributed by atoms with van der Waals surface area (Å²) in [6, 6.07) is 0. The first-order valence-electron chi connectivity index (χ1n) is 29.0. The molecule has 10 heteroatoms. The zero-order chi connectivity index (χ0) is 51.3. The Balaban J connectivity index is 4.11. The van der Waals surface area contributed by atoms with Gasteiger partial charge in [-0.3, -0.25) is 18.6 Å². The number of esters is 2. The molecule has 0 saturated heterocycles. The van der Waals surface area contributed by atoms with E-state index in [0.717, 1.165) is 57.8 Å². The van der Waals surface area contributed by atoms with Crippen molar-refractivity contribution >= 4 is 19.8 Å². The van der Waals surface area contributed by atoms with Crippen LogP contribution in [0.3, 0.4) is 0 Å². The Morgan fingerprint density at radius 2 is 0.814 bits per heavy atom. The Hall–Kier alpha value is -2.29. The predicted molar refractivity (Wildman–Crippen MR) is 298 cm³/mol. The lowest BCUT2D eigenvalue weighted by atomic mass is 10.0. The van der Waals surface area contributed by atoms with Gasteiger partial charge in [-0.05, 0) is 77.0 Å². The lowest BCUT2D eigenvalue weighted by molar-refractivity contribution is -0.870.